The fourth-order valence-electron chi connectivity index (χ4n) is 5.20. The molecule has 0 saturated heterocycles. The summed E-state index contributed by atoms with van der Waals surface area (Å²) in [6, 6.07) is 20.0. The molecular weight excluding hydrogens is 557 g/mol. The second-order valence-electron chi connectivity index (χ2n) is 10.7. The Balaban J connectivity index is 1.73. The average molecular weight is 594 g/mol. The highest BCUT2D eigenvalue weighted by Gasteiger charge is 2.34. The van der Waals surface area contributed by atoms with Crippen LogP contribution in [0.25, 0.3) is 0 Å². The summed E-state index contributed by atoms with van der Waals surface area (Å²) >= 11 is 0. The lowest BCUT2D eigenvalue weighted by atomic mass is 10.0. The molecule has 1 saturated carbocycles. The van der Waals surface area contributed by atoms with E-state index < -0.39 is 34.3 Å². The molecule has 1 N–H and O–H groups in total. The van der Waals surface area contributed by atoms with Gasteiger partial charge in [0, 0.05) is 24.6 Å². The lowest BCUT2D eigenvalue weighted by Gasteiger charge is -2.34. The lowest BCUT2D eigenvalue weighted by molar-refractivity contribution is -0.140. The van der Waals surface area contributed by atoms with E-state index in [9.17, 15) is 27.2 Å². The van der Waals surface area contributed by atoms with Crippen molar-refractivity contribution < 1.29 is 27.2 Å². The summed E-state index contributed by atoms with van der Waals surface area (Å²) in [5.41, 5.74) is 1.88. The fraction of sp³-hybridized carbons (Fsp3) is 0.344. The summed E-state index contributed by atoms with van der Waals surface area (Å²) in [6.45, 7) is 0.736. The average Bonchev–Trinajstić information content (AvgIpc) is 3.47. The molecule has 1 atom stereocenters. The van der Waals surface area contributed by atoms with Crippen molar-refractivity contribution in [2.75, 3.05) is 17.1 Å². The smallest absolute Gasteiger partial charge is 0.244 e. The van der Waals surface area contributed by atoms with Crippen LogP contribution in [-0.4, -0.2) is 55.8 Å². The molecule has 3 aromatic rings. The van der Waals surface area contributed by atoms with Gasteiger partial charge in [-0.3, -0.25) is 18.7 Å². The first kappa shape index (κ1) is 30.9. The molecule has 1 fully saturated rings. The van der Waals surface area contributed by atoms with Gasteiger partial charge < -0.3 is 10.2 Å². The van der Waals surface area contributed by atoms with Crippen LogP contribution < -0.4 is 9.62 Å². The molecule has 10 heteroatoms. The van der Waals surface area contributed by atoms with Crippen molar-refractivity contribution >= 4 is 33.3 Å². The van der Waals surface area contributed by atoms with Crippen molar-refractivity contribution in [3.63, 3.8) is 0 Å². The SMILES string of the molecule is CC(=O)c1cccc(N(CC(=O)N(Cc2ccc(F)cc2)[C@H](Cc2ccccc2)C(=O)NC2CCCC2)S(C)(=O)=O)c1. The number of amides is 2. The van der Waals surface area contributed by atoms with Gasteiger partial charge in [-0.1, -0.05) is 67.4 Å². The summed E-state index contributed by atoms with van der Waals surface area (Å²) in [7, 11) is -3.97. The van der Waals surface area contributed by atoms with E-state index in [2.05, 4.69) is 5.32 Å². The van der Waals surface area contributed by atoms with Crippen LogP contribution in [-0.2, 0) is 32.6 Å². The summed E-state index contributed by atoms with van der Waals surface area (Å²) in [5, 5.41) is 3.10. The molecule has 3 aromatic carbocycles. The molecule has 0 heterocycles. The van der Waals surface area contributed by atoms with Crippen LogP contribution in [0.3, 0.4) is 0 Å². The first-order chi connectivity index (χ1) is 20.0. The number of nitrogens with one attached hydrogen (secondary N) is 1. The maximum Gasteiger partial charge on any atom is 0.244 e. The van der Waals surface area contributed by atoms with Crippen LogP contribution in [0.1, 0.15) is 54.1 Å². The topological polar surface area (TPSA) is 104 Å². The van der Waals surface area contributed by atoms with Crippen LogP contribution in [0.2, 0.25) is 0 Å². The molecule has 0 radical (unpaired) electrons. The monoisotopic (exact) mass is 593 g/mol. The number of hydrogen-bond acceptors (Lipinski definition) is 5. The fourth-order valence-corrected chi connectivity index (χ4v) is 6.04. The van der Waals surface area contributed by atoms with Crippen molar-refractivity contribution in [2.24, 2.45) is 0 Å². The van der Waals surface area contributed by atoms with Gasteiger partial charge in [0.15, 0.2) is 5.78 Å². The largest absolute Gasteiger partial charge is 0.352 e. The third-order valence-electron chi connectivity index (χ3n) is 7.46. The van der Waals surface area contributed by atoms with E-state index in [-0.39, 0.29) is 36.4 Å². The summed E-state index contributed by atoms with van der Waals surface area (Å²) in [4.78, 5) is 41.3. The molecule has 222 valence electrons. The minimum Gasteiger partial charge on any atom is -0.352 e. The number of carbonyl (C=O) groups is 3. The van der Waals surface area contributed by atoms with Crippen LogP contribution in [0, 0.1) is 5.82 Å². The van der Waals surface area contributed by atoms with Gasteiger partial charge >= 0.3 is 0 Å². The second-order valence-corrected chi connectivity index (χ2v) is 12.6. The van der Waals surface area contributed by atoms with Crippen molar-refractivity contribution in [3.8, 4) is 0 Å². The van der Waals surface area contributed by atoms with Crippen molar-refractivity contribution in [1.29, 1.82) is 0 Å². The predicted molar refractivity (Wildman–Crippen MR) is 160 cm³/mol. The minimum atomic E-state index is -3.97. The van der Waals surface area contributed by atoms with Crippen molar-refractivity contribution in [1.82, 2.24) is 10.2 Å². The van der Waals surface area contributed by atoms with E-state index >= 15 is 0 Å². The Morgan fingerprint density at radius 2 is 1.60 bits per heavy atom. The van der Waals surface area contributed by atoms with Crippen LogP contribution in [0.15, 0.2) is 78.9 Å². The molecule has 8 nitrogen and oxygen atoms in total. The van der Waals surface area contributed by atoms with Gasteiger partial charge in [0.25, 0.3) is 0 Å². The predicted octanol–water partition coefficient (Wildman–Crippen LogP) is 4.49. The summed E-state index contributed by atoms with van der Waals surface area (Å²) < 4.78 is 40.5. The number of benzene rings is 3. The highest BCUT2D eigenvalue weighted by Crippen LogP contribution is 2.23. The van der Waals surface area contributed by atoms with Gasteiger partial charge in [-0.2, -0.15) is 0 Å². The molecule has 0 bridgehead atoms. The molecule has 1 aliphatic rings. The minimum absolute atomic E-state index is 0.000357. The number of hydrogen-bond donors (Lipinski definition) is 1. The Bertz CT molecular complexity index is 1510. The highest BCUT2D eigenvalue weighted by molar-refractivity contribution is 7.92. The number of carbonyl (C=O) groups excluding carboxylic acids is 3. The second kappa shape index (κ2) is 13.7. The zero-order valence-electron chi connectivity index (χ0n) is 23.8. The van der Waals surface area contributed by atoms with E-state index in [4.69, 9.17) is 0 Å². The van der Waals surface area contributed by atoms with Gasteiger partial charge in [0.2, 0.25) is 21.8 Å². The highest BCUT2D eigenvalue weighted by atomic mass is 32.2. The Morgan fingerprint density at radius 1 is 0.929 bits per heavy atom. The maximum atomic E-state index is 14.1. The van der Waals surface area contributed by atoms with Gasteiger partial charge in [-0.25, -0.2) is 12.8 Å². The Labute approximate surface area is 246 Å². The molecule has 2 amide bonds. The first-order valence-corrected chi connectivity index (χ1v) is 15.8. The van der Waals surface area contributed by atoms with Gasteiger partial charge in [0.1, 0.15) is 18.4 Å². The number of rotatable bonds is 12. The molecule has 0 aliphatic heterocycles. The summed E-state index contributed by atoms with van der Waals surface area (Å²) in [5.74, 6) is -1.63. The first-order valence-electron chi connectivity index (χ1n) is 14.0. The zero-order chi connectivity index (χ0) is 30.3. The van der Waals surface area contributed by atoms with E-state index in [1.807, 2.05) is 30.3 Å². The van der Waals surface area contributed by atoms with E-state index in [0.717, 1.165) is 41.8 Å². The van der Waals surface area contributed by atoms with E-state index in [0.29, 0.717) is 11.1 Å². The number of ketones is 1. The third-order valence-corrected chi connectivity index (χ3v) is 8.60. The van der Waals surface area contributed by atoms with Crippen molar-refractivity contribution in [2.45, 2.75) is 57.7 Å². The molecule has 0 unspecified atom stereocenters. The maximum absolute atomic E-state index is 14.1. The standard InChI is InChI=1S/C32H36FN3O5S/c1-23(37)26-11-8-14-29(20-26)36(42(2,40)41)22-31(38)35(21-25-15-17-27(33)18-16-25)30(19-24-9-4-3-5-10-24)32(39)34-28-12-6-7-13-28/h3-5,8-11,14-18,20,28,30H,6-7,12-13,19,21-22H2,1-2H3,(H,34,39)/t30-/m1/s1. The van der Waals surface area contributed by atoms with Crippen LogP contribution in [0.4, 0.5) is 10.1 Å². The van der Waals surface area contributed by atoms with Gasteiger partial charge in [0.05, 0.1) is 11.9 Å². The third kappa shape index (κ3) is 8.25. The van der Waals surface area contributed by atoms with Crippen molar-refractivity contribution in [3.05, 3.63) is 101 Å². The Kier molecular flexibility index (Phi) is 10.1. The Hall–Kier alpha value is -4.05. The number of Topliss-reactive ketones (excluding diaryl/α,β-unsaturated/α-hetero) is 1. The van der Waals surface area contributed by atoms with Crippen LogP contribution in [0.5, 0.6) is 0 Å². The number of sulfonamides is 1. The summed E-state index contributed by atoms with van der Waals surface area (Å²) in [6.07, 6.45) is 4.91. The van der Waals surface area contributed by atoms with Gasteiger partial charge in [-0.05, 0) is 55.2 Å². The Morgan fingerprint density at radius 3 is 2.21 bits per heavy atom. The molecule has 4 rings (SSSR count). The molecule has 1 aliphatic carbocycles. The lowest BCUT2D eigenvalue weighted by Crippen LogP contribution is -2.54. The van der Waals surface area contributed by atoms with E-state index in [1.165, 1.54) is 48.2 Å². The van der Waals surface area contributed by atoms with E-state index in [1.54, 1.807) is 12.1 Å². The zero-order valence-corrected chi connectivity index (χ0v) is 24.6. The van der Waals surface area contributed by atoms with Gasteiger partial charge in [-0.15, -0.1) is 0 Å². The number of anilines is 1. The molecule has 0 spiro atoms. The number of halogens is 1. The molecule has 42 heavy (non-hydrogen) atoms. The molecule has 0 aromatic heterocycles. The normalized spacial score (nSPS) is 14.3. The number of nitrogens with zero attached hydrogens (tertiary/aromatic N) is 2. The quantitative estimate of drug-likeness (QED) is 0.312. The van der Waals surface area contributed by atoms with Crippen LogP contribution >= 0.6 is 0 Å². The molecular formula is C32H36FN3O5S.